The highest BCUT2D eigenvalue weighted by molar-refractivity contribution is 5.73. The summed E-state index contributed by atoms with van der Waals surface area (Å²) in [6, 6.07) is -0.236. The van der Waals surface area contributed by atoms with Gasteiger partial charge in [-0.05, 0) is 6.42 Å². The predicted molar refractivity (Wildman–Crippen MR) is 47.5 cm³/mol. The molecule has 0 aliphatic carbocycles. The molecule has 6 nitrogen and oxygen atoms in total. The molecule has 0 atom stereocenters. The van der Waals surface area contributed by atoms with Crippen LogP contribution in [0.25, 0.3) is 0 Å². The zero-order valence-electron chi connectivity index (χ0n) is 7.85. The summed E-state index contributed by atoms with van der Waals surface area (Å²) in [5.41, 5.74) is 0. The van der Waals surface area contributed by atoms with E-state index in [2.05, 4.69) is 20.7 Å². The maximum Gasteiger partial charge on any atom is 0.406 e. The monoisotopic (exact) mass is 189 g/mol. The average molecular weight is 189 g/mol. The van der Waals surface area contributed by atoms with Crippen LogP contribution in [0.4, 0.5) is 9.59 Å². The summed E-state index contributed by atoms with van der Waals surface area (Å²) in [6.45, 7) is 0.778. The van der Waals surface area contributed by atoms with Gasteiger partial charge in [-0.25, -0.2) is 9.59 Å². The number of ether oxygens (including phenoxy) is 1. The zero-order valence-corrected chi connectivity index (χ0v) is 7.85. The molecule has 0 heterocycles. The highest BCUT2D eigenvalue weighted by atomic mass is 16.5. The van der Waals surface area contributed by atoms with Gasteiger partial charge in [-0.2, -0.15) is 0 Å². The standard InChI is InChI=1S/C7H15N3O3/c1-8-6(11)10-4-3-5-13-7(12)9-2/h3-5H2,1-2H3,(H,9,12)(H2,8,10,11). The van der Waals surface area contributed by atoms with Gasteiger partial charge in [0, 0.05) is 20.6 Å². The first-order chi connectivity index (χ1) is 6.20. The van der Waals surface area contributed by atoms with Crippen LogP contribution in [0.5, 0.6) is 0 Å². The minimum Gasteiger partial charge on any atom is -0.450 e. The van der Waals surface area contributed by atoms with E-state index in [-0.39, 0.29) is 6.03 Å². The fraction of sp³-hybridized carbons (Fsp3) is 0.714. The van der Waals surface area contributed by atoms with Gasteiger partial charge in [0.2, 0.25) is 0 Å². The van der Waals surface area contributed by atoms with Crippen molar-refractivity contribution in [1.82, 2.24) is 16.0 Å². The lowest BCUT2D eigenvalue weighted by molar-refractivity contribution is 0.147. The first-order valence-electron chi connectivity index (χ1n) is 4.00. The SMILES string of the molecule is CNC(=O)NCCCOC(=O)NC. The highest BCUT2D eigenvalue weighted by Gasteiger charge is 1.97. The van der Waals surface area contributed by atoms with Crippen LogP contribution in [-0.4, -0.2) is 39.4 Å². The van der Waals surface area contributed by atoms with Crippen molar-refractivity contribution < 1.29 is 14.3 Å². The maximum atomic E-state index is 10.6. The molecule has 0 rings (SSSR count). The first kappa shape index (κ1) is 11.5. The molecule has 0 saturated carbocycles. The van der Waals surface area contributed by atoms with E-state index in [1.807, 2.05) is 0 Å². The van der Waals surface area contributed by atoms with Crippen LogP contribution in [0.3, 0.4) is 0 Å². The van der Waals surface area contributed by atoms with Gasteiger partial charge in [0.15, 0.2) is 0 Å². The number of carbonyl (C=O) groups excluding carboxylic acids is 2. The van der Waals surface area contributed by atoms with Gasteiger partial charge in [0.05, 0.1) is 6.61 Å². The van der Waals surface area contributed by atoms with Crippen molar-refractivity contribution in [2.45, 2.75) is 6.42 Å². The zero-order chi connectivity index (χ0) is 10.1. The molecule has 13 heavy (non-hydrogen) atoms. The van der Waals surface area contributed by atoms with Crippen LogP contribution in [-0.2, 0) is 4.74 Å². The van der Waals surface area contributed by atoms with E-state index in [4.69, 9.17) is 0 Å². The predicted octanol–water partition coefficient (Wildman–Crippen LogP) is -0.339. The van der Waals surface area contributed by atoms with E-state index >= 15 is 0 Å². The van der Waals surface area contributed by atoms with Crippen molar-refractivity contribution in [3.8, 4) is 0 Å². The molecule has 76 valence electrons. The lowest BCUT2D eigenvalue weighted by Gasteiger charge is -2.04. The van der Waals surface area contributed by atoms with Gasteiger partial charge in [-0.1, -0.05) is 0 Å². The molecular weight excluding hydrogens is 174 g/mol. The van der Waals surface area contributed by atoms with E-state index < -0.39 is 6.09 Å². The van der Waals surface area contributed by atoms with E-state index in [0.29, 0.717) is 19.6 Å². The van der Waals surface area contributed by atoms with Gasteiger partial charge < -0.3 is 20.7 Å². The summed E-state index contributed by atoms with van der Waals surface area (Å²) < 4.78 is 4.68. The van der Waals surface area contributed by atoms with Crippen molar-refractivity contribution >= 4 is 12.1 Å². The summed E-state index contributed by atoms with van der Waals surface area (Å²) in [5, 5.41) is 7.28. The van der Waals surface area contributed by atoms with Gasteiger partial charge in [-0.3, -0.25) is 0 Å². The van der Waals surface area contributed by atoms with Crippen LogP contribution in [0.15, 0.2) is 0 Å². The molecule has 0 fully saturated rings. The quantitative estimate of drug-likeness (QED) is 0.529. The molecule has 0 unspecified atom stereocenters. The largest absolute Gasteiger partial charge is 0.450 e. The number of hydrogen-bond acceptors (Lipinski definition) is 3. The molecule has 0 spiro atoms. The molecule has 0 aliphatic rings. The minimum atomic E-state index is -0.458. The smallest absolute Gasteiger partial charge is 0.406 e. The number of rotatable bonds is 4. The third-order valence-corrected chi connectivity index (χ3v) is 1.27. The summed E-state index contributed by atoms with van der Waals surface area (Å²) in [7, 11) is 3.03. The molecule has 3 amide bonds. The normalized spacial score (nSPS) is 8.77. The molecule has 0 aliphatic heterocycles. The average Bonchev–Trinajstić information content (AvgIpc) is 2.16. The molecule has 3 N–H and O–H groups in total. The Hall–Kier alpha value is -1.46. The Labute approximate surface area is 77.0 Å². The number of alkyl carbamates (subject to hydrolysis) is 1. The number of urea groups is 1. The lowest BCUT2D eigenvalue weighted by atomic mass is 10.4. The van der Waals surface area contributed by atoms with Crippen molar-refractivity contribution in [1.29, 1.82) is 0 Å². The fourth-order valence-corrected chi connectivity index (χ4v) is 0.600. The van der Waals surface area contributed by atoms with Crippen LogP contribution >= 0.6 is 0 Å². The molecule has 0 aromatic rings. The topological polar surface area (TPSA) is 79.5 Å². The molecule has 0 radical (unpaired) electrons. The molecular formula is C7H15N3O3. The summed E-state index contributed by atoms with van der Waals surface area (Å²) >= 11 is 0. The van der Waals surface area contributed by atoms with E-state index in [1.54, 1.807) is 0 Å². The second-order valence-electron chi connectivity index (χ2n) is 2.25. The van der Waals surface area contributed by atoms with Crippen LogP contribution in [0, 0.1) is 0 Å². The number of carbonyl (C=O) groups is 2. The van der Waals surface area contributed by atoms with E-state index in [1.165, 1.54) is 14.1 Å². The Kier molecular flexibility index (Phi) is 6.39. The second-order valence-corrected chi connectivity index (χ2v) is 2.25. The molecule has 0 saturated heterocycles. The Morgan fingerprint density at radius 3 is 2.46 bits per heavy atom. The number of nitrogens with one attached hydrogen (secondary N) is 3. The Morgan fingerprint density at radius 1 is 1.23 bits per heavy atom. The van der Waals surface area contributed by atoms with Gasteiger partial charge >= 0.3 is 12.1 Å². The van der Waals surface area contributed by atoms with E-state index in [9.17, 15) is 9.59 Å². The summed E-state index contributed by atoms with van der Waals surface area (Å²) in [6.07, 6.45) is 0.140. The lowest BCUT2D eigenvalue weighted by Crippen LogP contribution is -2.33. The maximum absolute atomic E-state index is 10.6. The summed E-state index contributed by atoms with van der Waals surface area (Å²) in [5.74, 6) is 0. The van der Waals surface area contributed by atoms with E-state index in [0.717, 1.165) is 0 Å². The number of amides is 3. The van der Waals surface area contributed by atoms with Crippen molar-refractivity contribution in [2.75, 3.05) is 27.2 Å². The van der Waals surface area contributed by atoms with Crippen molar-refractivity contribution in [3.63, 3.8) is 0 Å². The third-order valence-electron chi connectivity index (χ3n) is 1.27. The van der Waals surface area contributed by atoms with Crippen molar-refractivity contribution in [3.05, 3.63) is 0 Å². The highest BCUT2D eigenvalue weighted by Crippen LogP contribution is 1.81. The van der Waals surface area contributed by atoms with Crippen LogP contribution in [0.2, 0.25) is 0 Å². The Bertz CT molecular complexity index is 154. The molecule has 0 aromatic heterocycles. The van der Waals surface area contributed by atoms with Crippen LogP contribution in [0.1, 0.15) is 6.42 Å². The van der Waals surface area contributed by atoms with Gasteiger partial charge in [0.25, 0.3) is 0 Å². The molecule has 6 heteroatoms. The number of hydrogen-bond donors (Lipinski definition) is 3. The van der Waals surface area contributed by atoms with Crippen LogP contribution < -0.4 is 16.0 Å². The first-order valence-corrected chi connectivity index (χ1v) is 4.00. The fourth-order valence-electron chi connectivity index (χ4n) is 0.600. The Morgan fingerprint density at radius 2 is 1.92 bits per heavy atom. The minimum absolute atomic E-state index is 0.236. The molecule has 0 aromatic carbocycles. The molecule has 0 bridgehead atoms. The van der Waals surface area contributed by atoms with Crippen molar-refractivity contribution in [2.24, 2.45) is 0 Å². The van der Waals surface area contributed by atoms with Gasteiger partial charge in [0.1, 0.15) is 0 Å². The second kappa shape index (κ2) is 7.20. The summed E-state index contributed by atoms with van der Waals surface area (Å²) in [4.78, 5) is 21.2. The third kappa shape index (κ3) is 6.92. The Balaban J connectivity index is 3.17. The van der Waals surface area contributed by atoms with Gasteiger partial charge in [-0.15, -0.1) is 0 Å².